The third-order valence-electron chi connectivity index (χ3n) is 2.19. The molecule has 2 heteroatoms. The fraction of sp³-hybridized carbons (Fsp3) is 0.857. The second kappa shape index (κ2) is 1.71. The van der Waals surface area contributed by atoms with Gasteiger partial charge in [0.1, 0.15) is 0 Å². The highest BCUT2D eigenvalue weighted by atomic mass is 16.6. The van der Waals surface area contributed by atoms with E-state index in [1.54, 1.807) is 0 Å². The van der Waals surface area contributed by atoms with Gasteiger partial charge in [0.25, 0.3) is 0 Å². The molecule has 0 unspecified atom stereocenters. The molecule has 1 saturated carbocycles. The van der Waals surface area contributed by atoms with Crippen LogP contribution in [0.25, 0.3) is 0 Å². The first-order chi connectivity index (χ1) is 4.42. The fourth-order valence-electron chi connectivity index (χ4n) is 1.58. The zero-order chi connectivity index (χ0) is 6.27. The largest absolute Gasteiger partial charge is 0.368 e. The molecule has 2 fully saturated rings. The highest BCUT2D eigenvalue weighted by molar-refractivity contribution is 5.03. The molecule has 2 aliphatic rings. The van der Waals surface area contributed by atoms with Crippen molar-refractivity contribution >= 4 is 0 Å². The summed E-state index contributed by atoms with van der Waals surface area (Å²) >= 11 is 0. The Hall–Kier alpha value is -0.550. The monoisotopic (exact) mass is 123 g/mol. The Morgan fingerprint density at radius 3 is 3.00 bits per heavy atom. The highest BCUT2D eigenvalue weighted by Crippen LogP contribution is 2.39. The van der Waals surface area contributed by atoms with Crippen LogP contribution in [-0.2, 0) is 4.74 Å². The smallest absolute Gasteiger partial charge is 0.0999 e. The van der Waals surface area contributed by atoms with Crippen molar-refractivity contribution < 1.29 is 4.74 Å². The molecule has 2 nitrogen and oxygen atoms in total. The molecule has 0 aromatic heterocycles. The predicted octanol–water partition coefficient (Wildman–Crippen LogP) is 1.08. The lowest BCUT2D eigenvalue weighted by molar-refractivity contribution is 0.354. The van der Waals surface area contributed by atoms with Crippen LogP contribution in [0.5, 0.6) is 0 Å². The zero-order valence-electron chi connectivity index (χ0n) is 5.21. The summed E-state index contributed by atoms with van der Waals surface area (Å²) < 4.78 is 5.26. The molecule has 0 aromatic carbocycles. The van der Waals surface area contributed by atoms with Crippen molar-refractivity contribution in [3.05, 3.63) is 0 Å². The number of nitrogens with zero attached hydrogens (tertiary/aromatic N) is 1. The van der Waals surface area contributed by atoms with Gasteiger partial charge in [0, 0.05) is 0 Å². The first-order valence-electron chi connectivity index (χ1n) is 3.47. The fourth-order valence-corrected chi connectivity index (χ4v) is 1.58. The van der Waals surface area contributed by atoms with E-state index in [1.807, 2.05) is 0 Å². The summed E-state index contributed by atoms with van der Waals surface area (Å²) in [7, 11) is 0. The third kappa shape index (κ3) is 0.727. The zero-order valence-corrected chi connectivity index (χ0v) is 5.21. The van der Waals surface area contributed by atoms with Gasteiger partial charge < -0.3 is 4.74 Å². The molecular weight excluding hydrogens is 114 g/mol. The van der Waals surface area contributed by atoms with E-state index in [2.05, 4.69) is 6.07 Å². The molecule has 1 heterocycles. The van der Waals surface area contributed by atoms with E-state index in [4.69, 9.17) is 10.00 Å². The van der Waals surface area contributed by atoms with Crippen LogP contribution < -0.4 is 0 Å². The van der Waals surface area contributed by atoms with E-state index in [0.717, 1.165) is 6.42 Å². The van der Waals surface area contributed by atoms with Gasteiger partial charge in [-0.15, -0.1) is 0 Å². The third-order valence-corrected chi connectivity index (χ3v) is 2.19. The van der Waals surface area contributed by atoms with Gasteiger partial charge in [-0.2, -0.15) is 5.26 Å². The maximum absolute atomic E-state index is 8.56. The number of fused-ring (bicyclic) bond motifs is 1. The van der Waals surface area contributed by atoms with E-state index in [-0.39, 0.29) is 5.92 Å². The van der Waals surface area contributed by atoms with Crippen LogP contribution in [0.1, 0.15) is 19.3 Å². The molecule has 1 saturated heterocycles. The van der Waals surface area contributed by atoms with Crippen LogP contribution in [0.3, 0.4) is 0 Å². The van der Waals surface area contributed by atoms with Gasteiger partial charge in [0.2, 0.25) is 0 Å². The Labute approximate surface area is 54.4 Å². The number of epoxide rings is 1. The highest BCUT2D eigenvalue weighted by Gasteiger charge is 2.47. The number of hydrogen-bond acceptors (Lipinski definition) is 2. The maximum atomic E-state index is 8.56. The summed E-state index contributed by atoms with van der Waals surface area (Å²) in [5.74, 6) is 0.212. The minimum absolute atomic E-state index is 0.212. The van der Waals surface area contributed by atoms with Gasteiger partial charge in [-0.1, -0.05) is 0 Å². The molecule has 1 aliphatic carbocycles. The minimum Gasteiger partial charge on any atom is -0.368 e. The van der Waals surface area contributed by atoms with Crippen LogP contribution >= 0.6 is 0 Å². The second-order valence-corrected chi connectivity index (χ2v) is 2.81. The molecule has 0 N–H and O–H groups in total. The normalized spacial score (nSPS) is 47.2. The van der Waals surface area contributed by atoms with Gasteiger partial charge >= 0.3 is 0 Å². The maximum Gasteiger partial charge on any atom is 0.0999 e. The Bertz CT molecular complexity index is 161. The van der Waals surface area contributed by atoms with Crippen LogP contribution in [0.15, 0.2) is 0 Å². The standard InChI is InChI=1S/C7H9NO/c8-4-5-2-1-3-6-7(5)9-6/h5-7H,1-3H2/t5-,6-,7+/m0/s1. The van der Waals surface area contributed by atoms with E-state index in [9.17, 15) is 0 Å². The number of ether oxygens (including phenoxy) is 1. The molecule has 0 amide bonds. The minimum atomic E-state index is 0.212. The van der Waals surface area contributed by atoms with Crippen molar-refractivity contribution in [1.82, 2.24) is 0 Å². The summed E-state index contributed by atoms with van der Waals surface area (Å²) in [6.45, 7) is 0. The van der Waals surface area contributed by atoms with Crippen molar-refractivity contribution in [2.45, 2.75) is 31.5 Å². The summed E-state index contributed by atoms with van der Waals surface area (Å²) in [5.41, 5.74) is 0. The molecule has 0 spiro atoms. The summed E-state index contributed by atoms with van der Waals surface area (Å²) in [6, 6.07) is 2.27. The average molecular weight is 123 g/mol. The van der Waals surface area contributed by atoms with Crippen molar-refractivity contribution in [3.8, 4) is 6.07 Å². The van der Waals surface area contributed by atoms with Gasteiger partial charge in [-0.3, -0.25) is 0 Å². The van der Waals surface area contributed by atoms with Crippen molar-refractivity contribution in [2.24, 2.45) is 5.92 Å². The number of nitriles is 1. The van der Waals surface area contributed by atoms with Crippen molar-refractivity contribution in [1.29, 1.82) is 5.26 Å². The number of hydrogen-bond donors (Lipinski definition) is 0. The first-order valence-corrected chi connectivity index (χ1v) is 3.47. The first kappa shape index (κ1) is 5.25. The summed E-state index contributed by atoms with van der Waals surface area (Å²) in [4.78, 5) is 0. The lowest BCUT2D eigenvalue weighted by Crippen LogP contribution is -2.13. The van der Waals surface area contributed by atoms with Crippen LogP contribution in [0, 0.1) is 17.2 Å². The van der Waals surface area contributed by atoms with Crippen molar-refractivity contribution in [3.63, 3.8) is 0 Å². The van der Waals surface area contributed by atoms with E-state index in [0.29, 0.717) is 12.2 Å². The van der Waals surface area contributed by atoms with Crippen LogP contribution in [0.2, 0.25) is 0 Å². The molecule has 9 heavy (non-hydrogen) atoms. The van der Waals surface area contributed by atoms with Crippen molar-refractivity contribution in [2.75, 3.05) is 0 Å². The second-order valence-electron chi connectivity index (χ2n) is 2.81. The van der Waals surface area contributed by atoms with Gasteiger partial charge in [0.05, 0.1) is 24.2 Å². The molecule has 48 valence electrons. The number of rotatable bonds is 0. The SMILES string of the molecule is N#C[C@@H]1CCC[C@@H]2O[C@H]12. The van der Waals surface area contributed by atoms with E-state index in [1.165, 1.54) is 12.8 Å². The van der Waals surface area contributed by atoms with Gasteiger partial charge in [-0.05, 0) is 19.3 Å². The van der Waals surface area contributed by atoms with E-state index < -0.39 is 0 Å². The summed E-state index contributed by atoms with van der Waals surface area (Å²) in [5, 5.41) is 8.56. The molecule has 0 radical (unpaired) electrons. The summed E-state index contributed by atoms with van der Waals surface area (Å²) in [6.07, 6.45) is 4.20. The van der Waals surface area contributed by atoms with Crippen LogP contribution in [0.4, 0.5) is 0 Å². The molecule has 0 bridgehead atoms. The lowest BCUT2D eigenvalue weighted by Gasteiger charge is -2.08. The molecule has 3 atom stereocenters. The van der Waals surface area contributed by atoms with Gasteiger partial charge in [0.15, 0.2) is 0 Å². The molecular formula is C7H9NO. The Morgan fingerprint density at radius 2 is 2.33 bits per heavy atom. The Kier molecular flexibility index (Phi) is 1.000. The Balaban J connectivity index is 2.02. The topological polar surface area (TPSA) is 36.3 Å². The molecule has 2 rings (SSSR count). The average Bonchev–Trinajstić information content (AvgIpc) is 2.64. The Morgan fingerprint density at radius 1 is 1.44 bits per heavy atom. The molecule has 0 aromatic rings. The predicted molar refractivity (Wildman–Crippen MR) is 31.6 cm³/mol. The molecule has 1 aliphatic heterocycles. The quantitative estimate of drug-likeness (QED) is 0.452. The van der Waals surface area contributed by atoms with Gasteiger partial charge in [-0.25, -0.2) is 0 Å². The van der Waals surface area contributed by atoms with Crippen LogP contribution in [-0.4, -0.2) is 12.2 Å². The van der Waals surface area contributed by atoms with E-state index >= 15 is 0 Å². The lowest BCUT2D eigenvalue weighted by atomic mass is 9.91.